The number of nitrogens with zero attached hydrogens (tertiary/aromatic N) is 2. The van der Waals surface area contributed by atoms with Crippen molar-refractivity contribution in [1.82, 2.24) is 9.55 Å². The van der Waals surface area contributed by atoms with Crippen LogP contribution in [-0.2, 0) is 6.17 Å². The van der Waals surface area contributed by atoms with Crippen molar-refractivity contribution in [2.24, 2.45) is 0 Å². The van der Waals surface area contributed by atoms with E-state index in [1.807, 2.05) is 24.4 Å². The SMILES string of the molecule is Clc1ccc([Si](Cn2ccnc2[B]C(=Cc2ccccc2)c2ccccc2)(c2ccccc2)c2ccccc2)cc1. The minimum absolute atomic E-state index is 0.743. The predicted molar refractivity (Wildman–Crippen MR) is 177 cm³/mol. The van der Waals surface area contributed by atoms with E-state index in [0.717, 1.165) is 33.5 Å². The molecule has 0 amide bonds. The summed E-state index contributed by atoms with van der Waals surface area (Å²) in [6.07, 6.45) is 7.04. The molecule has 0 N–H and O–H groups in total. The van der Waals surface area contributed by atoms with Crippen LogP contribution in [0.5, 0.6) is 0 Å². The monoisotopic (exact) mass is 563 g/mol. The van der Waals surface area contributed by atoms with Crippen molar-refractivity contribution in [3.8, 4) is 0 Å². The maximum absolute atomic E-state index is 6.39. The maximum atomic E-state index is 6.39. The number of hydrogen-bond donors (Lipinski definition) is 0. The van der Waals surface area contributed by atoms with Gasteiger partial charge >= 0.3 is 0 Å². The molecule has 6 aromatic rings. The number of halogens is 1. The van der Waals surface area contributed by atoms with Crippen LogP contribution < -0.4 is 21.3 Å². The number of rotatable bonds is 9. The second kappa shape index (κ2) is 12.4. The Kier molecular flexibility index (Phi) is 8.13. The van der Waals surface area contributed by atoms with Crippen LogP contribution in [0.1, 0.15) is 11.1 Å². The number of benzene rings is 5. The molecule has 1 aromatic heterocycles. The van der Waals surface area contributed by atoms with Crippen molar-refractivity contribution in [2.45, 2.75) is 6.17 Å². The summed E-state index contributed by atoms with van der Waals surface area (Å²) in [4.78, 5) is 4.87. The van der Waals surface area contributed by atoms with E-state index in [4.69, 9.17) is 16.6 Å². The Morgan fingerprint density at radius 1 is 0.659 bits per heavy atom. The third kappa shape index (κ3) is 5.90. The van der Waals surface area contributed by atoms with E-state index in [-0.39, 0.29) is 0 Å². The molecule has 0 atom stereocenters. The standard InChI is InChI=1S/C36H29BClN2Si/c38-31-21-23-34(24-22-31)41(32-17-9-3-10-18-32,33-19-11-4-12-20-33)28-40-26-25-39-36(40)37-35(30-15-7-2-8-16-30)27-29-13-5-1-6-14-29/h1-27H,28H2. The van der Waals surface area contributed by atoms with Crippen molar-refractivity contribution < 1.29 is 0 Å². The highest BCUT2D eigenvalue weighted by Crippen LogP contribution is 2.18. The molecule has 0 fully saturated rings. The molecule has 41 heavy (non-hydrogen) atoms. The van der Waals surface area contributed by atoms with Gasteiger partial charge in [-0.05, 0) is 38.8 Å². The zero-order valence-electron chi connectivity index (χ0n) is 22.6. The minimum Gasteiger partial charge on any atom is -0.345 e. The summed E-state index contributed by atoms with van der Waals surface area (Å²) in [5, 5.41) is 4.74. The van der Waals surface area contributed by atoms with Gasteiger partial charge in [0.2, 0.25) is 7.28 Å². The molecule has 197 valence electrons. The summed E-state index contributed by atoms with van der Waals surface area (Å²) in [7, 11) is -0.355. The fraction of sp³-hybridized carbons (Fsp3) is 0.0278. The van der Waals surface area contributed by atoms with Gasteiger partial charge in [-0.25, -0.2) is 0 Å². The quantitative estimate of drug-likeness (QED) is 0.124. The number of hydrogen-bond acceptors (Lipinski definition) is 1. The highest BCUT2D eigenvalue weighted by atomic mass is 35.5. The molecule has 1 radical (unpaired) electrons. The zero-order valence-corrected chi connectivity index (χ0v) is 24.4. The van der Waals surface area contributed by atoms with Gasteiger partial charge in [0.25, 0.3) is 0 Å². The Labute approximate surface area is 248 Å². The molecule has 0 aliphatic carbocycles. The normalized spacial score (nSPS) is 11.8. The summed E-state index contributed by atoms with van der Waals surface area (Å²) in [6.45, 7) is 0. The first kappa shape index (κ1) is 26.8. The first-order valence-electron chi connectivity index (χ1n) is 13.8. The Bertz CT molecular complexity index is 1680. The number of imidazole rings is 1. The third-order valence-electron chi connectivity index (χ3n) is 7.54. The van der Waals surface area contributed by atoms with Gasteiger partial charge < -0.3 is 4.57 Å². The van der Waals surface area contributed by atoms with Crippen LogP contribution in [0.4, 0.5) is 0 Å². The van der Waals surface area contributed by atoms with Crippen molar-refractivity contribution in [2.75, 3.05) is 0 Å². The van der Waals surface area contributed by atoms with E-state index < -0.39 is 8.07 Å². The molecule has 0 saturated heterocycles. The summed E-state index contributed by atoms with van der Waals surface area (Å²) >= 11 is 6.39. The molecule has 0 bridgehead atoms. The lowest BCUT2D eigenvalue weighted by Gasteiger charge is -2.34. The average molecular weight is 564 g/mol. The predicted octanol–water partition coefficient (Wildman–Crippen LogP) is 5.77. The van der Waals surface area contributed by atoms with Crippen LogP contribution in [0.2, 0.25) is 5.02 Å². The van der Waals surface area contributed by atoms with Crippen molar-refractivity contribution in [3.63, 3.8) is 0 Å². The molecule has 0 saturated carbocycles. The average Bonchev–Trinajstić information content (AvgIpc) is 3.48. The molecular formula is C36H29BClN2Si. The molecule has 0 aliphatic rings. The Hall–Kier alpha value is -4.38. The third-order valence-corrected chi connectivity index (χ3v) is 12.6. The fourth-order valence-electron chi connectivity index (χ4n) is 5.51. The lowest BCUT2D eigenvalue weighted by atomic mass is 9.65. The van der Waals surface area contributed by atoms with E-state index in [1.165, 1.54) is 15.6 Å². The van der Waals surface area contributed by atoms with Crippen molar-refractivity contribution in [3.05, 3.63) is 174 Å². The van der Waals surface area contributed by atoms with Gasteiger partial charge in [0, 0.05) is 23.6 Å². The second-order valence-electron chi connectivity index (χ2n) is 10.1. The zero-order chi connectivity index (χ0) is 27.9. The van der Waals surface area contributed by atoms with Gasteiger partial charge in [0.1, 0.15) is 0 Å². The summed E-state index contributed by atoms with van der Waals surface area (Å²) in [6, 6.07) is 51.3. The van der Waals surface area contributed by atoms with Crippen LogP contribution in [0, 0.1) is 0 Å². The summed E-state index contributed by atoms with van der Waals surface area (Å²) in [5.41, 5.74) is 4.34. The lowest BCUT2D eigenvalue weighted by molar-refractivity contribution is 0.893. The Balaban J connectivity index is 1.48. The first-order chi connectivity index (χ1) is 20.2. The van der Waals surface area contributed by atoms with Crippen LogP contribution in [0.3, 0.4) is 0 Å². The van der Waals surface area contributed by atoms with Gasteiger partial charge in [-0.1, -0.05) is 157 Å². The van der Waals surface area contributed by atoms with Crippen LogP contribution in [0.25, 0.3) is 11.5 Å². The smallest absolute Gasteiger partial charge is 0.241 e. The van der Waals surface area contributed by atoms with Gasteiger partial charge in [-0.2, -0.15) is 0 Å². The largest absolute Gasteiger partial charge is 0.345 e. The van der Waals surface area contributed by atoms with E-state index in [9.17, 15) is 0 Å². The number of aromatic nitrogens is 2. The second-order valence-corrected chi connectivity index (χ2v) is 14.4. The van der Waals surface area contributed by atoms with E-state index in [1.54, 1.807) is 0 Å². The van der Waals surface area contributed by atoms with Crippen LogP contribution in [-0.4, -0.2) is 24.9 Å². The summed E-state index contributed by atoms with van der Waals surface area (Å²) < 4.78 is 2.32. The topological polar surface area (TPSA) is 17.8 Å². The van der Waals surface area contributed by atoms with Gasteiger partial charge in [-0.3, -0.25) is 4.98 Å². The van der Waals surface area contributed by atoms with E-state index in [2.05, 4.69) is 152 Å². The molecule has 0 spiro atoms. The molecule has 1 heterocycles. The molecule has 5 heteroatoms. The molecule has 0 aliphatic heterocycles. The van der Waals surface area contributed by atoms with Crippen molar-refractivity contribution >= 4 is 59.8 Å². The van der Waals surface area contributed by atoms with Crippen LogP contribution >= 0.6 is 11.6 Å². The Morgan fingerprint density at radius 2 is 1.17 bits per heavy atom. The maximum Gasteiger partial charge on any atom is 0.241 e. The first-order valence-corrected chi connectivity index (χ1v) is 16.4. The minimum atomic E-state index is -2.56. The summed E-state index contributed by atoms with van der Waals surface area (Å²) in [5.74, 6) is 0. The highest BCUT2D eigenvalue weighted by molar-refractivity contribution is 7.10. The molecule has 0 unspecified atom stereocenters. The molecular weight excluding hydrogens is 535 g/mol. The fourth-order valence-corrected chi connectivity index (χ4v) is 10.2. The van der Waals surface area contributed by atoms with E-state index in [0.29, 0.717) is 0 Å². The van der Waals surface area contributed by atoms with Gasteiger partial charge in [-0.15, -0.1) is 0 Å². The van der Waals surface area contributed by atoms with Gasteiger partial charge in [0.15, 0.2) is 8.07 Å². The van der Waals surface area contributed by atoms with Gasteiger partial charge in [0.05, 0.1) is 5.72 Å². The Morgan fingerprint density at radius 3 is 1.76 bits per heavy atom. The highest BCUT2D eigenvalue weighted by Gasteiger charge is 2.40. The molecule has 6 rings (SSSR count). The molecule has 2 nitrogen and oxygen atoms in total. The van der Waals surface area contributed by atoms with Crippen molar-refractivity contribution in [1.29, 1.82) is 0 Å². The van der Waals surface area contributed by atoms with E-state index >= 15 is 0 Å². The lowest BCUT2D eigenvalue weighted by Crippen LogP contribution is -2.70. The van der Waals surface area contributed by atoms with Crippen LogP contribution in [0.15, 0.2) is 158 Å². The molecule has 5 aromatic carbocycles.